The van der Waals surface area contributed by atoms with Crippen molar-refractivity contribution in [3.63, 3.8) is 0 Å². The molecule has 0 aliphatic carbocycles. The Morgan fingerprint density at radius 2 is 2.15 bits per heavy atom. The number of hydrogen-bond donors (Lipinski definition) is 1. The fraction of sp³-hybridized carbons (Fsp3) is 0.400. The Morgan fingerprint density at radius 3 is 2.62 bits per heavy atom. The van der Waals surface area contributed by atoms with Gasteiger partial charge >= 0.3 is 0 Å². The highest BCUT2D eigenvalue weighted by molar-refractivity contribution is 7.10. The topological polar surface area (TPSA) is 26.0 Å². The monoisotopic (exact) mass is 209 g/mol. The van der Waals surface area contributed by atoms with Crippen LogP contribution in [0.2, 0.25) is 19.6 Å². The third-order valence-corrected chi connectivity index (χ3v) is 3.27. The van der Waals surface area contributed by atoms with Gasteiger partial charge in [-0.1, -0.05) is 25.6 Å². The molecular formula is C10H15NSSi. The molecule has 1 rings (SSSR count). The lowest BCUT2D eigenvalue weighted by atomic mass is 10.3. The zero-order valence-electron chi connectivity index (χ0n) is 8.35. The van der Waals surface area contributed by atoms with Gasteiger partial charge in [-0.25, -0.2) is 0 Å². The van der Waals surface area contributed by atoms with Gasteiger partial charge in [0.1, 0.15) is 8.07 Å². The van der Waals surface area contributed by atoms with Gasteiger partial charge in [0, 0.05) is 22.4 Å². The molecule has 0 saturated heterocycles. The second kappa shape index (κ2) is 4.10. The highest BCUT2D eigenvalue weighted by Gasteiger charge is 2.07. The average Bonchev–Trinajstić information content (AvgIpc) is 2.47. The fourth-order valence-electron chi connectivity index (χ4n) is 0.813. The Kier molecular flexibility index (Phi) is 3.31. The van der Waals surface area contributed by atoms with Crippen molar-refractivity contribution in [3.05, 3.63) is 21.9 Å². The molecule has 0 bridgehead atoms. The predicted octanol–water partition coefficient (Wildman–Crippen LogP) is 2.44. The van der Waals surface area contributed by atoms with E-state index in [1.165, 1.54) is 4.88 Å². The van der Waals surface area contributed by atoms with Crippen LogP contribution in [-0.4, -0.2) is 8.07 Å². The van der Waals surface area contributed by atoms with Gasteiger partial charge in [-0.15, -0.1) is 16.9 Å². The Bertz CT molecular complexity index is 338. The lowest BCUT2D eigenvalue weighted by Crippen LogP contribution is -2.16. The molecule has 0 fully saturated rings. The first-order chi connectivity index (χ1) is 6.01. The summed E-state index contributed by atoms with van der Waals surface area (Å²) in [4.78, 5) is 1.21. The molecule has 0 unspecified atom stereocenters. The molecule has 13 heavy (non-hydrogen) atoms. The minimum absolute atomic E-state index is 0.624. The summed E-state index contributed by atoms with van der Waals surface area (Å²) in [5.41, 5.74) is 9.96. The minimum Gasteiger partial charge on any atom is -0.326 e. The Labute approximate surface area is 85.0 Å². The van der Waals surface area contributed by atoms with E-state index in [9.17, 15) is 0 Å². The van der Waals surface area contributed by atoms with Crippen molar-refractivity contribution in [3.8, 4) is 11.5 Å². The van der Waals surface area contributed by atoms with Crippen LogP contribution in [0, 0.1) is 11.5 Å². The van der Waals surface area contributed by atoms with Crippen molar-refractivity contribution in [1.29, 1.82) is 0 Å². The summed E-state index contributed by atoms with van der Waals surface area (Å²) >= 11 is 1.69. The van der Waals surface area contributed by atoms with Crippen LogP contribution in [0.5, 0.6) is 0 Å². The van der Waals surface area contributed by atoms with Crippen LogP contribution in [0.25, 0.3) is 0 Å². The van der Waals surface area contributed by atoms with Gasteiger partial charge in [0.05, 0.1) is 0 Å². The van der Waals surface area contributed by atoms with Gasteiger partial charge < -0.3 is 5.73 Å². The summed E-state index contributed by atoms with van der Waals surface area (Å²) in [6, 6.07) is 2.08. The van der Waals surface area contributed by atoms with Gasteiger partial charge in [0.25, 0.3) is 0 Å². The van der Waals surface area contributed by atoms with E-state index in [2.05, 4.69) is 42.6 Å². The summed E-state index contributed by atoms with van der Waals surface area (Å²) in [6.07, 6.45) is 0. The zero-order valence-corrected chi connectivity index (χ0v) is 10.2. The molecule has 1 heterocycles. The van der Waals surface area contributed by atoms with E-state index in [0.29, 0.717) is 6.54 Å². The molecule has 0 amide bonds. The van der Waals surface area contributed by atoms with E-state index in [0.717, 1.165) is 5.56 Å². The van der Waals surface area contributed by atoms with Gasteiger partial charge in [-0.3, -0.25) is 0 Å². The first-order valence-corrected chi connectivity index (χ1v) is 8.70. The van der Waals surface area contributed by atoms with Gasteiger partial charge in [-0.2, -0.15) is 0 Å². The van der Waals surface area contributed by atoms with E-state index in [1.54, 1.807) is 11.3 Å². The molecular weight excluding hydrogens is 194 g/mol. The zero-order chi connectivity index (χ0) is 9.90. The van der Waals surface area contributed by atoms with Crippen LogP contribution in [0.1, 0.15) is 10.4 Å². The van der Waals surface area contributed by atoms with E-state index in [1.807, 2.05) is 0 Å². The number of hydrogen-bond acceptors (Lipinski definition) is 2. The molecule has 0 saturated carbocycles. The molecule has 70 valence electrons. The molecule has 0 spiro atoms. The van der Waals surface area contributed by atoms with E-state index < -0.39 is 8.07 Å². The lowest BCUT2D eigenvalue weighted by Gasteiger charge is -2.02. The van der Waals surface area contributed by atoms with Gasteiger partial charge in [0.15, 0.2) is 0 Å². The standard InChI is InChI=1S/C10H15NSSi/c1-13(2,3)5-4-9-6-10(7-11)12-8-9/h6,8H,7,11H2,1-3H3. The second-order valence-corrected chi connectivity index (χ2v) is 9.75. The highest BCUT2D eigenvalue weighted by Crippen LogP contribution is 2.12. The Morgan fingerprint density at radius 1 is 1.46 bits per heavy atom. The normalized spacial score (nSPS) is 10.8. The van der Waals surface area contributed by atoms with Crippen molar-refractivity contribution in [2.45, 2.75) is 26.2 Å². The summed E-state index contributed by atoms with van der Waals surface area (Å²) in [5.74, 6) is 3.21. The van der Waals surface area contributed by atoms with Crippen molar-refractivity contribution < 1.29 is 0 Å². The van der Waals surface area contributed by atoms with E-state index in [-0.39, 0.29) is 0 Å². The van der Waals surface area contributed by atoms with Crippen LogP contribution in [0.4, 0.5) is 0 Å². The third-order valence-electron chi connectivity index (χ3n) is 1.44. The van der Waals surface area contributed by atoms with Crippen molar-refractivity contribution in [1.82, 2.24) is 0 Å². The van der Waals surface area contributed by atoms with Gasteiger partial charge in [0.2, 0.25) is 0 Å². The maximum absolute atomic E-state index is 5.52. The molecule has 0 aliphatic rings. The molecule has 0 atom stereocenters. The lowest BCUT2D eigenvalue weighted by molar-refractivity contribution is 1.11. The SMILES string of the molecule is C[Si](C)(C)C#Cc1csc(CN)c1. The van der Waals surface area contributed by atoms with Crippen LogP contribution in [-0.2, 0) is 6.54 Å². The van der Waals surface area contributed by atoms with E-state index in [4.69, 9.17) is 5.73 Å². The number of rotatable bonds is 1. The smallest absolute Gasteiger partial charge is 0.129 e. The maximum Gasteiger partial charge on any atom is 0.129 e. The second-order valence-electron chi connectivity index (χ2n) is 4.01. The first-order valence-electron chi connectivity index (χ1n) is 4.32. The number of nitrogens with two attached hydrogens (primary N) is 1. The number of thiophene rings is 1. The van der Waals surface area contributed by atoms with Gasteiger partial charge in [-0.05, 0) is 6.07 Å². The average molecular weight is 209 g/mol. The molecule has 1 nitrogen and oxygen atoms in total. The Hall–Kier alpha value is -0.563. The fourth-order valence-corrected chi connectivity index (χ4v) is 2.03. The van der Waals surface area contributed by atoms with Crippen molar-refractivity contribution in [2.24, 2.45) is 5.73 Å². The summed E-state index contributed by atoms with van der Waals surface area (Å²) in [5, 5.41) is 2.08. The summed E-state index contributed by atoms with van der Waals surface area (Å²) in [6.45, 7) is 7.36. The minimum atomic E-state index is -1.23. The summed E-state index contributed by atoms with van der Waals surface area (Å²) in [7, 11) is -1.23. The first kappa shape index (κ1) is 10.5. The molecule has 0 aliphatic heterocycles. The quantitative estimate of drug-likeness (QED) is 0.558. The van der Waals surface area contributed by atoms with Crippen molar-refractivity contribution >= 4 is 19.4 Å². The summed E-state index contributed by atoms with van der Waals surface area (Å²) < 4.78 is 0. The molecule has 2 N–H and O–H groups in total. The predicted molar refractivity (Wildman–Crippen MR) is 62.4 cm³/mol. The van der Waals surface area contributed by atoms with Crippen LogP contribution >= 0.6 is 11.3 Å². The van der Waals surface area contributed by atoms with Crippen LogP contribution in [0.3, 0.4) is 0 Å². The Balaban J connectivity index is 2.78. The molecule has 1 aromatic heterocycles. The molecule has 0 aromatic carbocycles. The largest absolute Gasteiger partial charge is 0.326 e. The van der Waals surface area contributed by atoms with Crippen molar-refractivity contribution in [2.75, 3.05) is 0 Å². The van der Waals surface area contributed by atoms with E-state index >= 15 is 0 Å². The maximum atomic E-state index is 5.52. The molecule has 3 heteroatoms. The molecule has 1 aromatic rings. The van der Waals surface area contributed by atoms with Crippen LogP contribution < -0.4 is 5.73 Å². The highest BCUT2D eigenvalue weighted by atomic mass is 32.1. The van der Waals surface area contributed by atoms with Crippen LogP contribution in [0.15, 0.2) is 11.4 Å². The molecule has 0 radical (unpaired) electrons. The third kappa shape index (κ3) is 3.77.